The molecule has 1 aromatic carbocycles. The molecular weight excluding hydrogens is 200 g/mol. The van der Waals surface area contributed by atoms with Crippen LogP contribution in [0.2, 0.25) is 0 Å². The smallest absolute Gasteiger partial charge is 0.265 e. The maximum absolute atomic E-state index is 11.3. The minimum absolute atomic E-state index is 0.387. The topological polar surface area (TPSA) is 48.0 Å². The average Bonchev–Trinajstić information content (AvgIpc) is 2.55. The van der Waals surface area contributed by atoms with Crippen LogP contribution in [0.25, 0.3) is 11.3 Å². The van der Waals surface area contributed by atoms with Crippen molar-refractivity contribution < 1.29 is 4.79 Å². The largest absolute Gasteiger partial charge is 0.364 e. The average molecular weight is 214 g/mol. The van der Waals surface area contributed by atoms with E-state index in [1.54, 1.807) is 0 Å². The molecule has 0 saturated heterocycles. The normalized spacial score (nSPS) is 10.4. The standard InChI is InChI=1S/C13H14N2O/c1-9-8-11(10-6-4-3-5-7-10)15(2)12(9)13(14)16/h3-8H,1-2H3,(H2,14,16). The lowest BCUT2D eigenvalue weighted by atomic mass is 10.1. The van der Waals surface area contributed by atoms with Gasteiger partial charge in [-0.25, -0.2) is 0 Å². The number of carbonyl (C=O) groups is 1. The van der Waals surface area contributed by atoms with E-state index in [-0.39, 0.29) is 5.91 Å². The number of aryl methyl sites for hydroxylation is 1. The fraction of sp³-hybridized carbons (Fsp3) is 0.154. The molecule has 3 nitrogen and oxygen atoms in total. The van der Waals surface area contributed by atoms with E-state index >= 15 is 0 Å². The summed E-state index contributed by atoms with van der Waals surface area (Å²) in [6.45, 7) is 1.90. The van der Waals surface area contributed by atoms with Crippen LogP contribution in [0, 0.1) is 6.92 Å². The van der Waals surface area contributed by atoms with Crippen molar-refractivity contribution in [3.8, 4) is 11.3 Å². The summed E-state index contributed by atoms with van der Waals surface area (Å²) < 4.78 is 1.84. The van der Waals surface area contributed by atoms with E-state index in [4.69, 9.17) is 5.73 Å². The van der Waals surface area contributed by atoms with Crippen molar-refractivity contribution in [3.05, 3.63) is 47.7 Å². The van der Waals surface area contributed by atoms with Gasteiger partial charge < -0.3 is 10.3 Å². The van der Waals surface area contributed by atoms with Gasteiger partial charge in [0.1, 0.15) is 5.69 Å². The highest BCUT2D eigenvalue weighted by atomic mass is 16.1. The number of hydrogen-bond donors (Lipinski definition) is 1. The van der Waals surface area contributed by atoms with Crippen LogP contribution in [0.1, 0.15) is 16.1 Å². The van der Waals surface area contributed by atoms with Crippen LogP contribution in [0.3, 0.4) is 0 Å². The second-order valence-electron chi connectivity index (χ2n) is 3.85. The minimum atomic E-state index is -0.387. The molecule has 1 amide bonds. The van der Waals surface area contributed by atoms with E-state index in [1.165, 1.54) is 0 Å². The monoisotopic (exact) mass is 214 g/mol. The molecule has 0 aliphatic heterocycles. The van der Waals surface area contributed by atoms with E-state index in [0.717, 1.165) is 16.8 Å². The maximum Gasteiger partial charge on any atom is 0.265 e. The van der Waals surface area contributed by atoms with Crippen molar-refractivity contribution in [2.75, 3.05) is 0 Å². The fourth-order valence-corrected chi connectivity index (χ4v) is 2.00. The van der Waals surface area contributed by atoms with Crippen molar-refractivity contribution in [3.63, 3.8) is 0 Å². The molecule has 0 bridgehead atoms. The number of rotatable bonds is 2. The van der Waals surface area contributed by atoms with Gasteiger partial charge >= 0.3 is 0 Å². The molecule has 0 atom stereocenters. The summed E-state index contributed by atoms with van der Waals surface area (Å²) in [6, 6.07) is 11.9. The van der Waals surface area contributed by atoms with Gasteiger partial charge in [-0.2, -0.15) is 0 Å². The molecular formula is C13H14N2O. The Morgan fingerprint density at radius 1 is 1.25 bits per heavy atom. The van der Waals surface area contributed by atoms with Crippen molar-refractivity contribution >= 4 is 5.91 Å². The molecule has 2 N–H and O–H groups in total. The second kappa shape index (κ2) is 3.85. The summed E-state index contributed by atoms with van der Waals surface area (Å²) in [5.41, 5.74) is 8.92. The zero-order valence-corrected chi connectivity index (χ0v) is 9.40. The van der Waals surface area contributed by atoms with E-state index in [0.29, 0.717) is 5.69 Å². The fourth-order valence-electron chi connectivity index (χ4n) is 2.00. The van der Waals surface area contributed by atoms with Gasteiger partial charge in [-0.05, 0) is 24.1 Å². The van der Waals surface area contributed by atoms with Gasteiger partial charge in [0.05, 0.1) is 0 Å². The first-order valence-corrected chi connectivity index (χ1v) is 5.13. The van der Waals surface area contributed by atoms with Gasteiger partial charge in [-0.1, -0.05) is 30.3 Å². The maximum atomic E-state index is 11.3. The van der Waals surface area contributed by atoms with Crippen molar-refractivity contribution in [2.24, 2.45) is 12.8 Å². The molecule has 3 heteroatoms. The summed E-state index contributed by atoms with van der Waals surface area (Å²) in [6.07, 6.45) is 0. The first-order chi connectivity index (χ1) is 7.61. The van der Waals surface area contributed by atoms with Crippen LogP contribution in [0.5, 0.6) is 0 Å². The third-order valence-electron chi connectivity index (χ3n) is 2.73. The SMILES string of the molecule is Cc1cc(-c2ccccc2)n(C)c1C(N)=O. The third-order valence-corrected chi connectivity index (χ3v) is 2.73. The Kier molecular flexibility index (Phi) is 2.52. The lowest BCUT2D eigenvalue weighted by Gasteiger charge is -2.05. The number of nitrogens with two attached hydrogens (primary N) is 1. The van der Waals surface area contributed by atoms with Crippen LogP contribution >= 0.6 is 0 Å². The molecule has 1 heterocycles. The second-order valence-corrected chi connectivity index (χ2v) is 3.85. The Morgan fingerprint density at radius 3 is 2.38 bits per heavy atom. The Labute approximate surface area is 94.5 Å². The van der Waals surface area contributed by atoms with Gasteiger partial charge in [0.2, 0.25) is 0 Å². The quantitative estimate of drug-likeness (QED) is 0.817. The van der Waals surface area contributed by atoms with Crippen molar-refractivity contribution in [1.29, 1.82) is 0 Å². The number of aromatic nitrogens is 1. The van der Waals surface area contributed by atoms with Crippen LogP contribution in [-0.4, -0.2) is 10.5 Å². The van der Waals surface area contributed by atoms with E-state index < -0.39 is 0 Å². The summed E-state index contributed by atoms with van der Waals surface area (Å²) in [4.78, 5) is 11.3. The zero-order chi connectivity index (χ0) is 11.7. The molecule has 16 heavy (non-hydrogen) atoms. The number of nitrogens with zero attached hydrogens (tertiary/aromatic N) is 1. The Balaban J connectivity index is 2.61. The highest BCUT2D eigenvalue weighted by Gasteiger charge is 2.14. The van der Waals surface area contributed by atoms with Crippen LogP contribution in [0.4, 0.5) is 0 Å². The van der Waals surface area contributed by atoms with Crippen LogP contribution < -0.4 is 5.73 Å². The number of benzene rings is 1. The molecule has 1 aromatic heterocycles. The molecule has 0 saturated carbocycles. The summed E-state index contributed by atoms with van der Waals surface area (Å²) in [5, 5.41) is 0. The number of amides is 1. The lowest BCUT2D eigenvalue weighted by molar-refractivity contribution is 0.0992. The van der Waals surface area contributed by atoms with E-state index in [9.17, 15) is 4.79 Å². The molecule has 2 rings (SSSR count). The van der Waals surface area contributed by atoms with Gasteiger partial charge in [-0.3, -0.25) is 4.79 Å². The van der Waals surface area contributed by atoms with Gasteiger partial charge in [0.15, 0.2) is 0 Å². The predicted molar refractivity (Wildman–Crippen MR) is 64.1 cm³/mol. The van der Waals surface area contributed by atoms with Crippen LogP contribution in [0.15, 0.2) is 36.4 Å². The zero-order valence-electron chi connectivity index (χ0n) is 9.40. The summed E-state index contributed by atoms with van der Waals surface area (Å²) in [5.74, 6) is -0.387. The third kappa shape index (κ3) is 1.60. The first-order valence-electron chi connectivity index (χ1n) is 5.13. The van der Waals surface area contributed by atoms with Gasteiger partial charge in [-0.15, -0.1) is 0 Å². The van der Waals surface area contributed by atoms with Crippen molar-refractivity contribution in [1.82, 2.24) is 4.57 Å². The summed E-state index contributed by atoms with van der Waals surface area (Å²) in [7, 11) is 1.86. The highest BCUT2D eigenvalue weighted by molar-refractivity contribution is 5.94. The number of hydrogen-bond acceptors (Lipinski definition) is 1. The van der Waals surface area contributed by atoms with Crippen LogP contribution in [-0.2, 0) is 7.05 Å². The Bertz CT molecular complexity index is 526. The molecule has 0 unspecified atom stereocenters. The number of primary amides is 1. The van der Waals surface area contributed by atoms with E-state index in [2.05, 4.69) is 0 Å². The van der Waals surface area contributed by atoms with Gasteiger partial charge in [0, 0.05) is 12.7 Å². The predicted octanol–water partition coefficient (Wildman–Crippen LogP) is 2.10. The molecule has 0 fully saturated rings. The van der Waals surface area contributed by atoms with Crippen molar-refractivity contribution in [2.45, 2.75) is 6.92 Å². The number of carbonyl (C=O) groups excluding carboxylic acids is 1. The molecule has 0 radical (unpaired) electrons. The Morgan fingerprint density at radius 2 is 1.88 bits per heavy atom. The summed E-state index contributed by atoms with van der Waals surface area (Å²) >= 11 is 0. The Hall–Kier alpha value is -2.03. The van der Waals surface area contributed by atoms with Gasteiger partial charge in [0.25, 0.3) is 5.91 Å². The first kappa shape index (κ1) is 10.5. The molecule has 0 spiro atoms. The highest BCUT2D eigenvalue weighted by Crippen LogP contribution is 2.24. The molecule has 0 aliphatic rings. The molecule has 2 aromatic rings. The van der Waals surface area contributed by atoms with E-state index in [1.807, 2.05) is 54.9 Å². The lowest BCUT2D eigenvalue weighted by Crippen LogP contribution is -2.16. The molecule has 0 aliphatic carbocycles. The molecule has 82 valence electrons. The minimum Gasteiger partial charge on any atom is -0.364 e.